The molecule has 2 aliphatic rings. The average molecular weight is 308 g/mol. The monoisotopic (exact) mass is 308 g/mol. The van der Waals surface area contributed by atoms with E-state index >= 15 is 0 Å². The SMILES string of the molecule is C[C@@H]1Cc2ccccc2N1CC(=O)N[C@@H]1CCS(=O)(=O)C1. The van der Waals surface area contributed by atoms with E-state index in [-0.39, 0.29) is 30.0 Å². The second kappa shape index (κ2) is 5.33. The van der Waals surface area contributed by atoms with Crippen LogP contribution >= 0.6 is 0 Å². The summed E-state index contributed by atoms with van der Waals surface area (Å²) in [6.45, 7) is 2.39. The van der Waals surface area contributed by atoms with Crippen LogP contribution in [0.4, 0.5) is 5.69 Å². The Morgan fingerprint density at radius 3 is 2.86 bits per heavy atom. The maximum absolute atomic E-state index is 12.2. The number of para-hydroxylation sites is 1. The number of hydrogen-bond acceptors (Lipinski definition) is 4. The molecule has 2 heterocycles. The molecule has 5 nitrogen and oxygen atoms in total. The molecule has 3 rings (SSSR count). The smallest absolute Gasteiger partial charge is 0.239 e. The molecule has 1 amide bonds. The summed E-state index contributed by atoms with van der Waals surface area (Å²) in [7, 11) is -2.96. The van der Waals surface area contributed by atoms with Gasteiger partial charge in [0.2, 0.25) is 5.91 Å². The van der Waals surface area contributed by atoms with Gasteiger partial charge >= 0.3 is 0 Å². The molecule has 0 aliphatic carbocycles. The molecule has 0 bridgehead atoms. The third-order valence-electron chi connectivity index (χ3n) is 4.26. The van der Waals surface area contributed by atoms with Crippen molar-refractivity contribution >= 4 is 21.4 Å². The number of nitrogens with one attached hydrogen (secondary N) is 1. The Labute approximate surface area is 125 Å². The summed E-state index contributed by atoms with van der Waals surface area (Å²) in [5.41, 5.74) is 2.38. The Hall–Kier alpha value is -1.56. The maximum Gasteiger partial charge on any atom is 0.239 e. The van der Waals surface area contributed by atoms with Gasteiger partial charge < -0.3 is 10.2 Å². The quantitative estimate of drug-likeness (QED) is 0.894. The third-order valence-corrected chi connectivity index (χ3v) is 6.03. The van der Waals surface area contributed by atoms with Gasteiger partial charge in [-0.25, -0.2) is 8.42 Å². The standard InChI is InChI=1S/C15H20N2O3S/c1-11-8-12-4-2-3-5-14(12)17(11)9-15(18)16-13-6-7-21(19,20)10-13/h2-5,11,13H,6-10H2,1H3,(H,16,18)/t11-,13-/m1/s1. The minimum Gasteiger partial charge on any atom is -0.359 e. The number of carbonyl (C=O) groups excluding carboxylic acids is 1. The number of benzene rings is 1. The normalized spacial score (nSPS) is 26.6. The van der Waals surface area contributed by atoms with Crippen LogP contribution in [0, 0.1) is 0 Å². The van der Waals surface area contributed by atoms with E-state index in [1.54, 1.807) is 0 Å². The van der Waals surface area contributed by atoms with Crippen LogP contribution in [-0.4, -0.2) is 44.5 Å². The summed E-state index contributed by atoms with van der Waals surface area (Å²) < 4.78 is 22.8. The van der Waals surface area contributed by atoms with Crippen LogP contribution in [0.2, 0.25) is 0 Å². The fourth-order valence-corrected chi connectivity index (χ4v) is 4.88. The number of sulfone groups is 1. The molecule has 21 heavy (non-hydrogen) atoms. The number of carbonyl (C=O) groups is 1. The molecule has 0 unspecified atom stereocenters. The van der Waals surface area contributed by atoms with Gasteiger partial charge in [0, 0.05) is 17.8 Å². The van der Waals surface area contributed by atoms with Gasteiger partial charge in [-0.1, -0.05) is 18.2 Å². The average Bonchev–Trinajstić information content (AvgIpc) is 2.90. The zero-order valence-corrected chi connectivity index (χ0v) is 12.9. The molecule has 0 radical (unpaired) electrons. The number of fused-ring (bicyclic) bond motifs is 1. The number of anilines is 1. The van der Waals surface area contributed by atoms with E-state index in [2.05, 4.69) is 23.2 Å². The molecule has 2 aliphatic heterocycles. The summed E-state index contributed by atoms with van der Waals surface area (Å²) in [6, 6.07) is 8.18. The van der Waals surface area contributed by atoms with Gasteiger partial charge in [0.15, 0.2) is 9.84 Å². The van der Waals surface area contributed by atoms with Crippen molar-refractivity contribution in [3.8, 4) is 0 Å². The van der Waals surface area contributed by atoms with E-state index < -0.39 is 9.84 Å². The van der Waals surface area contributed by atoms with Crippen LogP contribution < -0.4 is 10.2 Å². The summed E-state index contributed by atoms with van der Waals surface area (Å²) in [4.78, 5) is 14.3. The molecule has 1 fully saturated rings. The lowest BCUT2D eigenvalue weighted by molar-refractivity contribution is -0.120. The van der Waals surface area contributed by atoms with Crippen molar-refractivity contribution in [2.45, 2.75) is 31.8 Å². The highest BCUT2D eigenvalue weighted by molar-refractivity contribution is 7.91. The molecule has 114 valence electrons. The molecule has 1 N–H and O–H groups in total. The molecule has 1 aromatic carbocycles. The first kappa shape index (κ1) is 14.4. The second-order valence-corrected chi connectivity index (χ2v) is 8.21. The fraction of sp³-hybridized carbons (Fsp3) is 0.533. The first-order valence-corrected chi connectivity index (χ1v) is 9.11. The molecule has 0 spiro atoms. The van der Waals surface area contributed by atoms with Crippen molar-refractivity contribution in [2.75, 3.05) is 23.0 Å². The fourth-order valence-electron chi connectivity index (χ4n) is 3.21. The minimum absolute atomic E-state index is 0.0743. The van der Waals surface area contributed by atoms with Gasteiger partial charge in [-0.2, -0.15) is 0 Å². The highest BCUT2D eigenvalue weighted by atomic mass is 32.2. The van der Waals surface area contributed by atoms with Crippen molar-refractivity contribution in [2.24, 2.45) is 0 Å². The van der Waals surface area contributed by atoms with Crippen molar-refractivity contribution in [3.63, 3.8) is 0 Å². The summed E-state index contributed by atoms with van der Waals surface area (Å²) >= 11 is 0. The van der Waals surface area contributed by atoms with Crippen LogP contribution in [0.5, 0.6) is 0 Å². The first-order valence-electron chi connectivity index (χ1n) is 7.29. The number of amides is 1. The van der Waals surface area contributed by atoms with Crippen molar-refractivity contribution in [3.05, 3.63) is 29.8 Å². The molecule has 1 saturated heterocycles. The largest absolute Gasteiger partial charge is 0.359 e. The van der Waals surface area contributed by atoms with Crippen LogP contribution in [0.15, 0.2) is 24.3 Å². The van der Waals surface area contributed by atoms with Gasteiger partial charge in [-0.15, -0.1) is 0 Å². The highest BCUT2D eigenvalue weighted by Gasteiger charge is 2.31. The molecule has 2 atom stereocenters. The zero-order valence-electron chi connectivity index (χ0n) is 12.1. The third kappa shape index (κ3) is 3.05. The maximum atomic E-state index is 12.2. The lowest BCUT2D eigenvalue weighted by Gasteiger charge is -2.25. The van der Waals surface area contributed by atoms with E-state index in [0.29, 0.717) is 12.5 Å². The molecule has 6 heteroatoms. The van der Waals surface area contributed by atoms with Crippen LogP contribution in [0.25, 0.3) is 0 Å². The molecular formula is C15H20N2O3S. The van der Waals surface area contributed by atoms with E-state index in [4.69, 9.17) is 0 Å². The Morgan fingerprint density at radius 1 is 1.38 bits per heavy atom. The Bertz CT molecular complexity index is 657. The number of nitrogens with zero attached hydrogens (tertiary/aromatic N) is 1. The molecule has 0 saturated carbocycles. The van der Waals surface area contributed by atoms with E-state index in [1.807, 2.05) is 18.2 Å². The van der Waals surface area contributed by atoms with Gasteiger partial charge in [-0.05, 0) is 31.4 Å². The Morgan fingerprint density at radius 2 is 2.14 bits per heavy atom. The van der Waals surface area contributed by atoms with E-state index in [9.17, 15) is 13.2 Å². The molecular weight excluding hydrogens is 288 g/mol. The highest BCUT2D eigenvalue weighted by Crippen LogP contribution is 2.31. The molecule has 1 aromatic rings. The molecule has 0 aromatic heterocycles. The van der Waals surface area contributed by atoms with Crippen molar-refractivity contribution in [1.29, 1.82) is 0 Å². The predicted octanol–water partition coefficient (Wildman–Crippen LogP) is 0.741. The van der Waals surface area contributed by atoms with Crippen LogP contribution in [0.3, 0.4) is 0 Å². The number of rotatable bonds is 3. The van der Waals surface area contributed by atoms with Crippen molar-refractivity contribution in [1.82, 2.24) is 5.32 Å². The first-order chi connectivity index (χ1) is 9.94. The lowest BCUT2D eigenvalue weighted by atomic mass is 10.1. The topological polar surface area (TPSA) is 66.5 Å². The Kier molecular flexibility index (Phi) is 3.65. The van der Waals surface area contributed by atoms with E-state index in [1.165, 1.54) is 5.56 Å². The Balaban J connectivity index is 1.63. The second-order valence-electron chi connectivity index (χ2n) is 5.98. The van der Waals surface area contributed by atoms with Crippen LogP contribution in [-0.2, 0) is 21.1 Å². The lowest BCUT2D eigenvalue weighted by Crippen LogP contribution is -2.44. The van der Waals surface area contributed by atoms with Gasteiger partial charge in [0.25, 0.3) is 0 Å². The summed E-state index contributed by atoms with van der Waals surface area (Å²) in [5.74, 6) is 0.159. The van der Waals surface area contributed by atoms with Gasteiger partial charge in [-0.3, -0.25) is 4.79 Å². The van der Waals surface area contributed by atoms with Crippen LogP contribution in [0.1, 0.15) is 18.9 Å². The predicted molar refractivity (Wildman–Crippen MR) is 82.2 cm³/mol. The zero-order chi connectivity index (χ0) is 15.0. The van der Waals surface area contributed by atoms with Gasteiger partial charge in [0.05, 0.1) is 18.1 Å². The summed E-state index contributed by atoms with van der Waals surface area (Å²) in [5, 5.41) is 2.85. The van der Waals surface area contributed by atoms with Crippen molar-refractivity contribution < 1.29 is 13.2 Å². The van der Waals surface area contributed by atoms with Gasteiger partial charge in [0.1, 0.15) is 0 Å². The minimum atomic E-state index is -2.96. The number of hydrogen-bond donors (Lipinski definition) is 1. The summed E-state index contributed by atoms with van der Waals surface area (Å²) in [6.07, 6.45) is 1.47. The van der Waals surface area contributed by atoms with E-state index in [0.717, 1.165) is 12.1 Å².